The smallest absolute Gasteiger partial charge is 0.358 e. The molecule has 14 heavy (non-hydrogen) atoms. The van der Waals surface area contributed by atoms with Gasteiger partial charge in [0.15, 0.2) is 0 Å². The highest BCUT2D eigenvalue weighted by atomic mass is 19.3. The van der Waals surface area contributed by atoms with Crippen molar-refractivity contribution in [1.29, 1.82) is 0 Å². The molecule has 0 aromatic carbocycles. The van der Waals surface area contributed by atoms with Crippen molar-refractivity contribution in [2.45, 2.75) is 13.1 Å². The van der Waals surface area contributed by atoms with Gasteiger partial charge in [-0.15, -0.1) is 0 Å². The average molecular weight is 206 g/mol. The van der Waals surface area contributed by atoms with Gasteiger partial charge in [-0.2, -0.15) is 0 Å². The summed E-state index contributed by atoms with van der Waals surface area (Å²) in [5.41, 5.74) is -0.962. The van der Waals surface area contributed by atoms with Crippen molar-refractivity contribution in [3.63, 3.8) is 0 Å². The molecular formula is C7H5F3N2O2. The molecule has 0 saturated carbocycles. The number of halogens is 3. The molecule has 1 aromatic rings. The van der Waals surface area contributed by atoms with Crippen LogP contribution in [0.25, 0.3) is 0 Å². The summed E-state index contributed by atoms with van der Waals surface area (Å²) in [5.74, 6) is -0.725. The van der Waals surface area contributed by atoms with E-state index in [1.54, 1.807) is 0 Å². The van der Waals surface area contributed by atoms with Crippen LogP contribution in [0.4, 0.5) is 19.0 Å². The Labute approximate surface area is 76.5 Å². The van der Waals surface area contributed by atoms with Gasteiger partial charge < -0.3 is 10.1 Å². The summed E-state index contributed by atoms with van der Waals surface area (Å²) in [7, 11) is 0. The number of rotatable bonds is 3. The van der Waals surface area contributed by atoms with E-state index in [1.807, 2.05) is 0 Å². The van der Waals surface area contributed by atoms with Crippen LogP contribution in [0.15, 0.2) is 12.3 Å². The summed E-state index contributed by atoms with van der Waals surface area (Å²) in [5, 5.41) is 10.3. The maximum atomic E-state index is 12.2. The van der Waals surface area contributed by atoms with Crippen LogP contribution in [0.5, 0.6) is 0 Å². The normalized spacial score (nSPS) is 10.6. The lowest BCUT2D eigenvalue weighted by molar-refractivity contribution is -0.390. The fourth-order valence-corrected chi connectivity index (χ4v) is 0.904. The molecule has 0 atom stereocenters. The molecule has 0 aliphatic heterocycles. The lowest BCUT2D eigenvalue weighted by Crippen LogP contribution is -1.99. The maximum absolute atomic E-state index is 12.2. The molecule has 4 nitrogen and oxygen atoms in total. The third kappa shape index (κ3) is 1.98. The summed E-state index contributed by atoms with van der Waals surface area (Å²) in [6.45, 7) is -1.19. The van der Waals surface area contributed by atoms with Crippen molar-refractivity contribution < 1.29 is 18.1 Å². The van der Waals surface area contributed by atoms with Crippen LogP contribution in [-0.2, 0) is 6.67 Å². The van der Waals surface area contributed by atoms with Gasteiger partial charge in [0.1, 0.15) is 12.9 Å². The molecule has 0 unspecified atom stereocenters. The highest BCUT2D eigenvalue weighted by Crippen LogP contribution is 2.23. The van der Waals surface area contributed by atoms with Crippen molar-refractivity contribution in [3.8, 4) is 0 Å². The van der Waals surface area contributed by atoms with E-state index in [9.17, 15) is 23.3 Å². The Kier molecular flexibility index (Phi) is 3.00. The first-order valence-corrected chi connectivity index (χ1v) is 3.53. The Morgan fingerprint density at radius 3 is 2.64 bits per heavy atom. The van der Waals surface area contributed by atoms with Gasteiger partial charge in [0.2, 0.25) is 0 Å². The zero-order valence-corrected chi connectivity index (χ0v) is 6.78. The molecule has 0 amide bonds. The molecular weight excluding hydrogens is 201 g/mol. The maximum Gasteiger partial charge on any atom is 0.369 e. The Bertz CT molecular complexity index is 357. The van der Waals surface area contributed by atoms with E-state index in [4.69, 9.17) is 0 Å². The quantitative estimate of drug-likeness (QED) is 0.563. The fraction of sp³-hybridized carbons (Fsp3) is 0.286. The molecule has 7 heteroatoms. The molecule has 1 heterocycles. The molecule has 76 valence electrons. The number of pyridine rings is 1. The van der Waals surface area contributed by atoms with Gasteiger partial charge in [0, 0.05) is 0 Å². The highest BCUT2D eigenvalue weighted by Gasteiger charge is 2.19. The third-order valence-corrected chi connectivity index (χ3v) is 1.53. The summed E-state index contributed by atoms with van der Waals surface area (Å²) in [6.07, 6.45) is -2.14. The molecule has 0 radical (unpaired) electrons. The first kappa shape index (κ1) is 10.4. The van der Waals surface area contributed by atoms with Crippen LogP contribution >= 0.6 is 0 Å². The minimum atomic E-state index is -2.81. The minimum absolute atomic E-state index is 0.437. The van der Waals surface area contributed by atoms with Crippen molar-refractivity contribution in [1.82, 2.24) is 4.98 Å². The summed E-state index contributed by atoms with van der Waals surface area (Å²) < 4.78 is 36.4. The molecule has 1 aromatic heterocycles. The van der Waals surface area contributed by atoms with Gasteiger partial charge in [-0.25, -0.2) is 13.2 Å². The molecule has 0 aliphatic carbocycles. The second kappa shape index (κ2) is 4.03. The van der Waals surface area contributed by atoms with Crippen molar-refractivity contribution in [3.05, 3.63) is 33.5 Å². The van der Waals surface area contributed by atoms with E-state index >= 15 is 0 Å². The molecule has 0 bridgehead atoms. The summed E-state index contributed by atoms with van der Waals surface area (Å²) >= 11 is 0. The van der Waals surface area contributed by atoms with Gasteiger partial charge in [0.25, 0.3) is 6.43 Å². The number of aromatic nitrogens is 1. The van der Waals surface area contributed by atoms with Crippen LogP contribution in [0, 0.1) is 10.1 Å². The first-order valence-electron chi connectivity index (χ1n) is 3.53. The summed E-state index contributed by atoms with van der Waals surface area (Å²) in [4.78, 5) is 12.5. The average Bonchev–Trinajstić information content (AvgIpc) is 2.16. The van der Waals surface area contributed by atoms with Crippen molar-refractivity contribution >= 4 is 5.82 Å². The molecule has 1 rings (SSSR count). The van der Waals surface area contributed by atoms with Crippen LogP contribution in [0.3, 0.4) is 0 Å². The molecule has 0 fully saturated rings. The van der Waals surface area contributed by atoms with Gasteiger partial charge in [-0.3, -0.25) is 0 Å². The molecule has 0 spiro atoms. The van der Waals surface area contributed by atoms with E-state index in [1.165, 1.54) is 0 Å². The van der Waals surface area contributed by atoms with Crippen LogP contribution in [0.1, 0.15) is 17.6 Å². The van der Waals surface area contributed by atoms with Gasteiger partial charge >= 0.3 is 5.82 Å². The predicted molar refractivity (Wildman–Crippen MR) is 40.7 cm³/mol. The predicted octanol–water partition coefficient (Wildman–Crippen LogP) is 2.40. The number of hydrogen-bond acceptors (Lipinski definition) is 3. The molecule has 0 N–H and O–H groups in total. The summed E-state index contributed by atoms with van der Waals surface area (Å²) in [6, 6.07) is 0.746. The van der Waals surface area contributed by atoms with Crippen molar-refractivity contribution in [2.75, 3.05) is 0 Å². The Morgan fingerprint density at radius 1 is 1.57 bits per heavy atom. The Morgan fingerprint density at radius 2 is 2.21 bits per heavy atom. The largest absolute Gasteiger partial charge is 0.369 e. The number of nitro groups is 1. The van der Waals surface area contributed by atoms with E-state index in [0.717, 1.165) is 6.07 Å². The Hall–Kier alpha value is -1.66. The standard InChI is InChI=1S/C7H5F3N2O2/c8-2-4-1-5(6(9)10)3-11-7(4)12(13)14/h1,3,6H,2H2. The minimum Gasteiger partial charge on any atom is -0.358 e. The zero-order chi connectivity index (χ0) is 10.7. The van der Waals surface area contributed by atoms with E-state index in [-0.39, 0.29) is 0 Å². The SMILES string of the molecule is O=[N+]([O-])c1ncc(C(F)F)cc1CF. The number of nitrogens with zero attached hydrogens (tertiary/aromatic N) is 2. The van der Waals surface area contributed by atoms with Gasteiger partial charge in [0.05, 0.1) is 11.1 Å². The van der Waals surface area contributed by atoms with Crippen LogP contribution in [0.2, 0.25) is 0 Å². The van der Waals surface area contributed by atoms with E-state index < -0.39 is 35.0 Å². The lowest BCUT2D eigenvalue weighted by Gasteiger charge is -2.00. The van der Waals surface area contributed by atoms with Crippen LogP contribution in [-0.4, -0.2) is 9.91 Å². The van der Waals surface area contributed by atoms with E-state index in [0.29, 0.717) is 6.20 Å². The zero-order valence-electron chi connectivity index (χ0n) is 6.78. The highest BCUT2D eigenvalue weighted by molar-refractivity contribution is 5.34. The topological polar surface area (TPSA) is 56.0 Å². The fourth-order valence-electron chi connectivity index (χ4n) is 0.904. The monoisotopic (exact) mass is 206 g/mol. The van der Waals surface area contributed by atoms with Gasteiger partial charge in [-0.1, -0.05) is 0 Å². The second-order valence-corrected chi connectivity index (χ2v) is 2.44. The lowest BCUT2D eigenvalue weighted by atomic mass is 10.2. The Balaban J connectivity index is 3.18. The van der Waals surface area contributed by atoms with E-state index in [2.05, 4.69) is 4.98 Å². The second-order valence-electron chi connectivity index (χ2n) is 2.44. The third-order valence-electron chi connectivity index (χ3n) is 1.53. The molecule has 0 aliphatic rings. The number of alkyl halides is 3. The van der Waals surface area contributed by atoms with Crippen molar-refractivity contribution in [2.24, 2.45) is 0 Å². The van der Waals surface area contributed by atoms with Crippen LogP contribution < -0.4 is 0 Å². The first-order chi connectivity index (χ1) is 6.56. The van der Waals surface area contributed by atoms with Gasteiger partial charge in [-0.05, 0) is 16.0 Å². The molecule has 0 saturated heterocycles. The number of hydrogen-bond donors (Lipinski definition) is 0.